The van der Waals surface area contributed by atoms with Crippen molar-refractivity contribution in [1.82, 2.24) is 4.98 Å². The summed E-state index contributed by atoms with van der Waals surface area (Å²) < 4.78 is 16.9. The molecule has 0 aliphatic heterocycles. The summed E-state index contributed by atoms with van der Waals surface area (Å²) >= 11 is 18.3. The first-order valence-corrected chi connectivity index (χ1v) is 10.5. The predicted molar refractivity (Wildman–Crippen MR) is 122 cm³/mol. The van der Waals surface area contributed by atoms with E-state index in [1.807, 2.05) is 24.3 Å². The van der Waals surface area contributed by atoms with E-state index in [0.717, 1.165) is 5.56 Å². The van der Waals surface area contributed by atoms with Gasteiger partial charge in [0.25, 0.3) is 0 Å². The molecule has 0 radical (unpaired) electrons. The van der Waals surface area contributed by atoms with Crippen LogP contribution in [-0.4, -0.2) is 31.6 Å². The molecule has 0 amide bonds. The maximum absolute atomic E-state index is 13.1. The lowest BCUT2D eigenvalue weighted by Crippen LogP contribution is -2.11. The molecule has 0 spiro atoms. The Morgan fingerprint density at radius 2 is 1.58 bits per heavy atom. The van der Waals surface area contributed by atoms with Gasteiger partial charge in [-0.2, -0.15) is 0 Å². The number of rotatable bonds is 9. The highest BCUT2D eigenvalue weighted by Crippen LogP contribution is 2.41. The Kier molecular flexibility index (Phi) is 8.02. The Morgan fingerprint density at radius 1 is 0.903 bits per heavy atom. The number of carbonyl (C=O) groups is 1. The molecule has 5 nitrogen and oxygen atoms in total. The first kappa shape index (κ1) is 23.2. The van der Waals surface area contributed by atoms with E-state index in [1.165, 1.54) is 26.6 Å². The zero-order chi connectivity index (χ0) is 22.4. The van der Waals surface area contributed by atoms with E-state index in [-0.39, 0.29) is 12.2 Å². The first-order valence-electron chi connectivity index (χ1n) is 9.38. The van der Waals surface area contributed by atoms with Crippen molar-refractivity contribution >= 4 is 40.6 Å². The van der Waals surface area contributed by atoms with Crippen LogP contribution in [0.2, 0.25) is 15.1 Å². The van der Waals surface area contributed by atoms with Gasteiger partial charge in [-0.3, -0.25) is 9.78 Å². The summed E-state index contributed by atoms with van der Waals surface area (Å²) in [6.45, 7) is 0.322. The van der Waals surface area contributed by atoms with Gasteiger partial charge in [0.1, 0.15) is 0 Å². The highest BCUT2D eigenvalue weighted by Gasteiger charge is 2.23. The molecule has 0 saturated heterocycles. The molecule has 0 aliphatic carbocycles. The minimum Gasteiger partial charge on any atom is -0.493 e. The Morgan fingerprint density at radius 3 is 2.19 bits per heavy atom. The zero-order valence-electron chi connectivity index (χ0n) is 17.0. The summed E-state index contributed by atoms with van der Waals surface area (Å²) in [5, 5.41) is 1.32. The quantitative estimate of drug-likeness (QED) is 0.346. The molecule has 2 aromatic carbocycles. The number of pyridine rings is 1. The van der Waals surface area contributed by atoms with E-state index in [1.54, 1.807) is 12.1 Å². The summed E-state index contributed by atoms with van der Waals surface area (Å²) in [5.41, 5.74) is 1.90. The van der Waals surface area contributed by atoms with Crippen LogP contribution >= 0.6 is 34.8 Å². The van der Waals surface area contributed by atoms with Crippen LogP contribution in [0.1, 0.15) is 21.5 Å². The van der Waals surface area contributed by atoms with E-state index in [2.05, 4.69) is 4.98 Å². The Bertz CT molecular complexity index is 1050. The van der Waals surface area contributed by atoms with Crippen LogP contribution in [0.15, 0.2) is 48.8 Å². The number of ketones is 1. The van der Waals surface area contributed by atoms with Crippen LogP contribution in [-0.2, 0) is 12.8 Å². The number of Topliss-reactive ketones (excluding diaryl/α,β-unsaturated/α-hetero) is 1. The molecule has 3 aromatic rings. The number of methoxy groups -OCH3 is 2. The van der Waals surface area contributed by atoms with Crippen LogP contribution in [0, 0.1) is 0 Å². The monoisotopic (exact) mass is 479 g/mol. The van der Waals surface area contributed by atoms with Crippen molar-refractivity contribution in [3.8, 4) is 17.2 Å². The molecular weight excluding hydrogens is 461 g/mol. The third-order valence-corrected chi connectivity index (χ3v) is 5.54. The summed E-state index contributed by atoms with van der Waals surface area (Å²) in [4.78, 5) is 17.1. The van der Waals surface area contributed by atoms with E-state index < -0.39 is 0 Å². The number of halogens is 3. The lowest BCUT2D eigenvalue weighted by atomic mass is 10.0. The molecular formula is C23H20Cl3NO4. The molecule has 1 heterocycles. The number of nitrogens with zero attached hydrogens (tertiary/aromatic N) is 1. The van der Waals surface area contributed by atoms with Gasteiger partial charge in [0.2, 0.25) is 5.75 Å². The standard InChI is InChI=1S/C23H20Cl3NO4/c1-29-21-8-7-16(20(28)11-17-18(25)12-27-13-19(17)26)22(23(21)30-2)31-10-9-14-3-5-15(24)6-4-14/h3-8,12-13H,9-11H2,1-2H3. The van der Waals surface area contributed by atoms with Gasteiger partial charge in [-0.15, -0.1) is 0 Å². The Balaban J connectivity index is 1.88. The Hall–Kier alpha value is -2.47. The second-order valence-electron chi connectivity index (χ2n) is 6.58. The molecule has 162 valence electrons. The molecule has 31 heavy (non-hydrogen) atoms. The lowest BCUT2D eigenvalue weighted by molar-refractivity contribution is 0.0988. The fraction of sp³-hybridized carbons (Fsp3) is 0.217. The molecule has 1 aromatic heterocycles. The van der Waals surface area contributed by atoms with Crippen LogP contribution < -0.4 is 14.2 Å². The van der Waals surface area contributed by atoms with Gasteiger partial charge in [0.05, 0.1) is 36.4 Å². The van der Waals surface area contributed by atoms with E-state index in [0.29, 0.717) is 56.5 Å². The van der Waals surface area contributed by atoms with Gasteiger partial charge >= 0.3 is 0 Å². The molecule has 0 fully saturated rings. The van der Waals surface area contributed by atoms with E-state index in [9.17, 15) is 4.79 Å². The van der Waals surface area contributed by atoms with Crippen LogP contribution in [0.5, 0.6) is 17.2 Å². The number of benzene rings is 2. The van der Waals surface area contributed by atoms with E-state index in [4.69, 9.17) is 49.0 Å². The van der Waals surface area contributed by atoms with Gasteiger partial charge in [0, 0.05) is 35.8 Å². The fourth-order valence-electron chi connectivity index (χ4n) is 3.05. The van der Waals surface area contributed by atoms with Crippen molar-refractivity contribution in [2.75, 3.05) is 20.8 Å². The number of ether oxygens (including phenoxy) is 3. The van der Waals surface area contributed by atoms with Gasteiger partial charge in [-0.25, -0.2) is 0 Å². The largest absolute Gasteiger partial charge is 0.493 e. The molecule has 0 bridgehead atoms. The zero-order valence-corrected chi connectivity index (χ0v) is 19.2. The van der Waals surface area contributed by atoms with Gasteiger partial charge in [-0.1, -0.05) is 46.9 Å². The number of hydrogen-bond acceptors (Lipinski definition) is 5. The molecule has 0 saturated carbocycles. The third kappa shape index (κ3) is 5.62. The lowest BCUT2D eigenvalue weighted by Gasteiger charge is -2.17. The van der Waals surface area contributed by atoms with Crippen molar-refractivity contribution in [3.63, 3.8) is 0 Å². The molecule has 0 N–H and O–H groups in total. The number of aromatic nitrogens is 1. The normalized spacial score (nSPS) is 10.6. The smallest absolute Gasteiger partial charge is 0.204 e. The molecule has 0 atom stereocenters. The van der Waals surface area contributed by atoms with Crippen molar-refractivity contribution in [1.29, 1.82) is 0 Å². The summed E-state index contributed by atoms with van der Waals surface area (Å²) in [7, 11) is 3.02. The SMILES string of the molecule is COc1ccc(C(=O)Cc2c(Cl)cncc2Cl)c(OCCc2ccc(Cl)cc2)c1OC. The summed E-state index contributed by atoms with van der Waals surface area (Å²) in [5.74, 6) is 0.886. The van der Waals surface area contributed by atoms with Crippen LogP contribution in [0.25, 0.3) is 0 Å². The van der Waals surface area contributed by atoms with Crippen molar-refractivity contribution in [2.24, 2.45) is 0 Å². The minimum atomic E-state index is -0.225. The van der Waals surface area contributed by atoms with Gasteiger partial charge < -0.3 is 14.2 Å². The van der Waals surface area contributed by atoms with Crippen LogP contribution in [0.4, 0.5) is 0 Å². The number of hydrogen-bond donors (Lipinski definition) is 0. The second kappa shape index (κ2) is 10.7. The third-order valence-electron chi connectivity index (χ3n) is 4.64. The summed E-state index contributed by atoms with van der Waals surface area (Å²) in [6.07, 6.45) is 3.51. The van der Waals surface area contributed by atoms with Crippen molar-refractivity contribution < 1.29 is 19.0 Å². The second-order valence-corrected chi connectivity index (χ2v) is 7.84. The van der Waals surface area contributed by atoms with Gasteiger partial charge in [0.15, 0.2) is 17.3 Å². The first-order chi connectivity index (χ1) is 14.9. The van der Waals surface area contributed by atoms with Crippen molar-refractivity contribution in [2.45, 2.75) is 12.8 Å². The molecule has 0 unspecified atom stereocenters. The highest BCUT2D eigenvalue weighted by atomic mass is 35.5. The van der Waals surface area contributed by atoms with Crippen molar-refractivity contribution in [3.05, 3.63) is 80.6 Å². The van der Waals surface area contributed by atoms with Gasteiger partial charge in [-0.05, 0) is 29.8 Å². The maximum atomic E-state index is 13.1. The average Bonchev–Trinajstić information content (AvgIpc) is 2.77. The Labute approximate surface area is 195 Å². The molecule has 3 rings (SSSR count). The predicted octanol–water partition coefficient (Wildman–Crippen LogP) is 6.11. The molecule has 8 heteroatoms. The number of carbonyl (C=O) groups excluding carboxylic acids is 1. The topological polar surface area (TPSA) is 57.7 Å². The fourth-order valence-corrected chi connectivity index (χ4v) is 3.67. The maximum Gasteiger partial charge on any atom is 0.204 e. The minimum absolute atomic E-state index is 0.0107. The van der Waals surface area contributed by atoms with Crippen LogP contribution in [0.3, 0.4) is 0 Å². The highest BCUT2D eigenvalue weighted by molar-refractivity contribution is 6.36. The average molecular weight is 481 g/mol. The summed E-state index contributed by atoms with van der Waals surface area (Å²) in [6, 6.07) is 10.8. The van der Waals surface area contributed by atoms with E-state index >= 15 is 0 Å². The molecule has 0 aliphatic rings.